The number of amides is 2. The van der Waals surface area contributed by atoms with Crippen molar-refractivity contribution in [2.24, 2.45) is 0 Å². The van der Waals surface area contributed by atoms with E-state index in [1.54, 1.807) is 4.90 Å². The summed E-state index contributed by atoms with van der Waals surface area (Å²) in [6.07, 6.45) is 1.96. The molecule has 0 atom stereocenters. The Morgan fingerprint density at radius 2 is 1.85 bits per heavy atom. The summed E-state index contributed by atoms with van der Waals surface area (Å²) < 4.78 is 13.3. The first-order chi connectivity index (χ1) is 9.49. The predicted octanol–water partition coefficient (Wildman–Crippen LogP) is 2.48. The Morgan fingerprint density at radius 1 is 1.20 bits per heavy atom. The molecule has 4 nitrogen and oxygen atoms in total. The van der Waals surface area contributed by atoms with Crippen LogP contribution in [0.25, 0.3) is 0 Å². The summed E-state index contributed by atoms with van der Waals surface area (Å²) in [7, 11) is 0. The van der Waals surface area contributed by atoms with Gasteiger partial charge in [-0.05, 0) is 25.0 Å². The highest BCUT2D eigenvalue weighted by molar-refractivity contribution is 6.36. The van der Waals surface area contributed by atoms with Crippen molar-refractivity contribution in [2.45, 2.75) is 12.8 Å². The number of nitrogens with zero attached hydrogens (tertiary/aromatic N) is 1. The number of halogens is 3. The van der Waals surface area contributed by atoms with E-state index in [-0.39, 0.29) is 28.1 Å². The van der Waals surface area contributed by atoms with Crippen molar-refractivity contribution in [1.82, 2.24) is 10.2 Å². The van der Waals surface area contributed by atoms with Crippen LogP contribution in [0.4, 0.5) is 4.39 Å². The maximum Gasteiger partial charge on any atom is 0.253 e. The first-order valence-corrected chi connectivity index (χ1v) is 6.95. The van der Waals surface area contributed by atoms with Crippen LogP contribution < -0.4 is 5.32 Å². The minimum Gasteiger partial charge on any atom is -0.343 e. The lowest BCUT2D eigenvalue weighted by molar-refractivity contribution is -0.129. The van der Waals surface area contributed by atoms with Crippen molar-refractivity contribution in [3.8, 4) is 0 Å². The van der Waals surface area contributed by atoms with Gasteiger partial charge in [-0.3, -0.25) is 9.59 Å². The Kier molecular flexibility index (Phi) is 4.83. The largest absolute Gasteiger partial charge is 0.343 e. The molecule has 1 heterocycles. The number of rotatable bonds is 3. The first kappa shape index (κ1) is 15.1. The van der Waals surface area contributed by atoms with E-state index in [9.17, 15) is 14.0 Å². The second-order valence-electron chi connectivity index (χ2n) is 4.52. The summed E-state index contributed by atoms with van der Waals surface area (Å²) in [5.74, 6) is -1.48. The molecule has 1 saturated heterocycles. The number of carbonyl (C=O) groups excluding carboxylic acids is 2. The van der Waals surface area contributed by atoms with Crippen LogP contribution in [-0.2, 0) is 4.79 Å². The maximum absolute atomic E-state index is 13.3. The SMILES string of the molecule is O=C(NCC(=O)N1CCCC1)c1cc(F)c(Cl)cc1Cl. The van der Waals surface area contributed by atoms with E-state index in [0.29, 0.717) is 13.1 Å². The summed E-state index contributed by atoms with van der Waals surface area (Å²) in [5.41, 5.74) is -0.0391. The highest BCUT2D eigenvalue weighted by Crippen LogP contribution is 2.24. The summed E-state index contributed by atoms with van der Waals surface area (Å²) in [5, 5.41) is 2.33. The average molecular weight is 319 g/mol. The zero-order valence-corrected chi connectivity index (χ0v) is 12.1. The van der Waals surface area contributed by atoms with Crippen molar-refractivity contribution in [1.29, 1.82) is 0 Å². The van der Waals surface area contributed by atoms with E-state index in [1.807, 2.05) is 0 Å². The van der Waals surface area contributed by atoms with Crippen LogP contribution in [0.3, 0.4) is 0 Å². The van der Waals surface area contributed by atoms with Crippen molar-refractivity contribution in [3.63, 3.8) is 0 Å². The molecule has 1 aromatic rings. The van der Waals surface area contributed by atoms with Crippen molar-refractivity contribution in [2.75, 3.05) is 19.6 Å². The van der Waals surface area contributed by atoms with Crippen LogP contribution >= 0.6 is 23.2 Å². The molecule has 108 valence electrons. The molecule has 0 saturated carbocycles. The predicted molar refractivity (Wildman–Crippen MR) is 74.6 cm³/mol. The van der Waals surface area contributed by atoms with Gasteiger partial charge in [0.15, 0.2) is 0 Å². The molecule has 0 spiro atoms. The van der Waals surface area contributed by atoms with Gasteiger partial charge in [-0.1, -0.05) is 23.2 Å². The monoisotopic (exact) mass is 318 g/mol. The molecule has 0 aliphatic carbocycles. The second-order valence-corrected chi connectivity index (χ2v) is 5.33. The van der Waals surface area contributed by atoms with Gasteiger partial charge in [-0.15, -0.1) is 0 Å². The van der Waals surface area contributed by atoms with Gasteiger partial charge in [0.2, 0.25) is 5.91 Å². The van der Waals surface area contributed by atoms with Gasteiger partial charge >= 0.3 is 0 Å². The molecule has 7 heteroatoms. The van der Waals surface area contributed by atoms with Gasteiger partial charge in [0.25, 0.3) is 5.91 Å². The van der Waals surface area contributed by atoms with Gasteiger partial charge in [0, 0.05) is 13.1 Å². The number of carbonyl (C=O) groups is 2. The fraction of sp³-hybridized carbons (Fsp3) is 0.385. The lowest BCUT2D eigenvalue weighted by atomic mass is 10.2. The fourth-order valence-electron chi connectivity index (χ4n) is 2.03. The molecule has 1 fully saturated rings. The van der Waals surface area contributed by atoms with E-state index in [4.69, 9.17) is 23.2 Å². The van der Waals surface area contributed by atoms with Crippen LogP contribution in [0.1, 0.15) is 23.2 Å². The van der Waals surface area contributed by atoms with E-state index >= 15 is 0 Å². The molecule has 0 unspecified atom stereocenters. The lowest BCUT2D eigenvalue weighted by Crippen LogP contribution is -2.38. The smallest absolute Gasteiger partial charge is 0.253 e. The Balaban J connectivity index is 1.98. The molecule has 0 bridgehead atoms. The normalized spacial score (nSPS) is 14.4. The standard InChI is InChI=1S/C13H13Cl2FN2O2/c14-9-6-10(15)11(16)5-8(9)13(20)17-7-12(19)18-3-1-2-4-18/h5-6H,1-4,7H2,(H,17,20). The molecule has 1 aliphatic rings. The summed E-state index contributed by atoms with van der Waals surface area (Å²) >= 11 is 11.4. The molecule has 20 heavy (non-hydrogen) atoms. The maximum atomic E-state index is 13.3. The Hall–Kier alpha value is -1.33. The van der Waals surface area contributed by atoms with Crippen molar-refractivity contribution < 1.29 is 14.0 Å². The Morgan fingerprint density at radius 3 is 2.50 bits per heavy atom. The molecule has 1 aromatic carbocycles. The van der Waals surface area contributed by atoms with E-state index in [0.717, 1.165) is 25.0 Å². The Bertz CT molecular complexity index is 545. The van der Waals surface area contributed by atoms with Gasteiger partial charge in [-0.25, -0.2) is 4.39 Å². The number of hydrogen-bond acceptors (Lipinski definition) is 2. The van der Waals surface area contributed by atoms with Gasteiger partial charge in [0.1, 0.15) is 5.82 Å². The quantitative estimate of drug-likeness (QED) is 0.870. The van der Waals surface area contributed by atoms with Crippen LogP contribution in [0.15, 0.2) is 12.1 Å². The van der Waals surface area contributed by atoms with E-state index in [1.165, 1.54) is 0 Å². The van der Waals surface area contributed by atoms with Crippen molar-refractivity contribution >= 4 is 35.0 Å². The second kappa shape index (κ2) is 6.41. The molecule has 2 rings (SSSR count). The van der Waals surface area contributed by atoms with Crippen LogP contribution in [0.5, 0.6) is 0 Å². The number of nitrogens with one attached hydrogen (secondary N) is 1. The minimum atomic E-state index is -0.730. The number of hydrogen-bond donors (Lipinski definition) is 1. The van der Waals surface area contributed by atoms with Crippen LogP contribution in [-0.4, -0.2) is 36.3 Å². The third-order valence-corrected chi connectivity index (χ3v) is 3.72. The van der Waals surface area contributed by atoms with Crippen molar-refractivity contribution in [3.05, 3.63) is 33.6 Å². The van der Waals surface area contributed by atoms with Crippen LogP contribution in [0, 0.1) is 5.82 Å². The highest BCUT2D eigenvalue weighted by atomic mass is 35.5. The topological polar surface area (TPSA) is 49.4 Å². The molecular weight excluding hydrogens is 306 g/mol. The molecule has 0 radical (unpaired) electrons. The van der Waals surface area contributed by atoms with Gasteiger partial charge in [0.05, 0.1) is 22.2 Å². The molecule has 0 aromatic heterocycles. The van der Waals surface area contributed by atoms with E-state index in [2.05, 4.69) is 5.32 Å². The summed E-state index contributed by atoms with van der Waals surface area (Å²) in [4.78, 5) is 25.3. The third-order valence-electron chi connectivity index (χ3n) is 3.11. The fourth-order valence-corrected chi connectivity index (χ4v) is 2.50. The van der Waals surface area contributed by atoms with Crippen LogP contribution in [0.2, 0.25) is 10.0 Å². The molecule has 1 aliphatic heterocycles. The van der Waals surface area contributed by atoms with E-state index < -0.39 is 11.7 Å². The molecule has 1 N–H and O–H groups in total. The number of likely N-dealkylation sites (tertiary alicyclic amines) is 1. The lowest BCUT2D eigenvalue weighted by Gasteiger charge is -2.15. The summed E-state index contributed by atoms with van der Waals surface area (Å²) in [6.45, 7) is 1.30. The van der Waals surface area contributed by atoms with Gasteiger partial charge in [-0.2, -0.15) is 0 Å². The zero-order valence-electron chi connectivity index (χ0n) is 10.6. The average Bonchev–Trinajstić information content (AvgIpc) is 2.94. The first-order valence-electron chi connectivity index (χ1n) is 6.19. The minimum absolute atomic E-state index is 0.0391. The zero-order chi connectivity index (χ0) is 14.7. The summed E-state index contributed by atoms with van der Waals surface area (Å²) in [6, 6.07) is 2.12. The Labute approximate surface area is 125 Å². The molecular formula is C13H13Cl2FN2O2. The number of benzene rings is 1. The third kappa shape index (κ3) is 3.41. The van der Waals surface area contributed by atoms with Gasteiger partial charge < -0.3 is 10.2 Å². The highest BCUT2D eigenvalue weighted by Gasteiger charge is 2.19. The molecule has 2 amide bonds.